The molecule has 5 nitrogen and oxygen atoms in total. The molecule has 0 unspecified atom stereocenters. The van der Waals surface area contributed by atoms with Gasteiger partial charge in [0.1, 0.15) is 0 Å². The summed E-state index contributed by atoms with van der Waals surface area (Å²) in [6.45, 7) is 0.855. The minimum atomic E-state index is -0.809. The van der Waals surface area contributed by atoms with E-state index in [2.05, 4.69) is 0 Å². The summed E-state index contributed by atoms with van der Waals surface area (Å²) >= 11 is 0. The predicted molar refractivity (Wildman–Crippen MR) is 78.9 cm³/mol. The molecule has 0 atom stereocenters. The number of benzene rings is 1. The third-order valence-electron chi connectivity index (χ3n) is 3.75. The van der Waals surface area contributed by atoms with Crippen LogP contribution >= 0.6 is 0 Å². The number of carboxylic acid groups (broad SMARTS) is 1. The van der Waals surface area contributed by atoms with Crippen molar-refractivity contribution in [2.45, 2.75) is 12.8 Å². The molecule has 1 amide bonds. The van der Waals surface area contributed by atoms with Crippen LogP contribution in [-0.4, -0.2) is 42.1 Å². The summed E-state index contributed by atoms with van der Waals surface area (Å²) in [6, 6.07) is 4.44. The average Bonchev–Trinajstić information content (AvgIpc) is 2.52. The summed E-state index contributed by atoms with van der Waals surface area (Å²) in [7, 11) is 1.39. The summed E-state index contributed by atoms with van der Waals surface area (Å²) < 4.78 is 18.4. The molecular weight excluding hydrogens is 289 g/mol. The van der Waals surface area contributed by atoms with Crippen LogP contribution in [-0.2, 0) is 9.59 Å². The van der Waals surface area contributed by atoms with Gasteiger partial charge in [-0.3, -0.25) is 9.59 Å². The van der Waals surface area contributed by atoms with Crippen molar-refractivity contribution in [3.05, 3.63) is 35.7 Å². The van der Waals surface area contributed by atoms with Gasteiger partial charge in [-0.1, -0.05) is 6.07 Å². The van der Waals surface area contributed by atoms with E-state index in [0.717, 1.165) is 0 Å². The summed E-state index contributed by atoms with van der Waals surface area (Å²) in [4.78, 5) is 24.5. The Bertz CT molecular complexity index is 592. The quantitative estimate of drug-likeness (QED) is 0.866. The molecule has 2 rings (SSSR count). The zero-order valence-electron chi connectivity index (χ0n) is 12.3. The zero-order chi connectivity index (χ0) is 16.1. The van der Waals surface area contributed by atoms with Crippen LogP contribution in [0.3, 0.4) is 0 Å². The first-order valence-electron chi connectivity index (χ1n) is 7.04. The molecule has 1 N–H and O–H groups in total. The van der Waals surface area contributed by atoms with Gasteiger partial charge in [-0.25, -0.2) is 4.39 Å². The Morgan fingerprint density at radius 3 is 2.59 bits per heavy atom. The number of amides is 1. The number of aliphatic carboxylic acids is 1. The lowest BCUT2D eigenvalue weighted by Crippen LogP contribution is -2.39. The minimum absolute atomic E-state index is 0.152. The lowest BCUT2D eigenvalue weighted by Gasteiger charge is -2.29. The molecule has 1 fully saturated rings. The van der Waals surface area contributed by atoms with Gasteiger partial charge in [0.25, 0.3) is 0 Å². The first-order chi connectivity index (χ1) is 10.5. The van der Waals surface area contributed by atoms with Crippen LogP contribution in [0, 0.1) is 11.7 Å². The average molecular weight is 307 g/mol. The maximum absolute atomic E-state index is 13.5. The van der Waals surface area contributed by atoms with Gasteiger partial charge in [0, 0.05) is 19.2 Å². The summed E-state index contributed by atoms with van der Waals surface area (Å²) in [5, 5.41) is 8.92. The van der Waals surface area contributed by atoms with Gasteiger partial charge in [-0.2, -0.15) is 0 Å². The van der Waals surface area contributed by atoms with Crippen molar-refractivity contribution in [3.63, 3.8) is 0 Å². The van der Waals surface area contributed by atoms with Crippen LogP contribution in [0.2, 0.25) is 0 Å². The number of ether oxygens (including phenoxy) is 1. The Kier molecular flexibility index (Phi) is 5.14. The number of piperidine rings is 1. The molecule has 1 aliphatic heterocycles. The molecular formula is C16H18FNO4. The first kappa shape index (κ1) is 16.0. The van der Waals surface area contributed by atoms with Gasteiger partial charge in [0.2, 0.25) is 5.91 Å². The number of carboxylic acids is 1. The molecule has 6 heteroatoms. The van der Waals surface area contributed by atoms with Crippen LogP contribution in [0.1, 0.15) is 18.4 Å². The molecule has 1 heterocycles. The second-order valence-corrected chi connectivity index (χ2v) is 5.17. The van der Waals surface area contributed by atoms with E-state index in [9.17, 15) is 14.0 Å². The smallest absolute Gasteiger partial charge is 0.306 e. The third kappa shape index (κ3) is 3.84. The van der Waals surface area contributed by atoms with Gasteiger partial charge in [-0.05, 0) is 36.6 Å². The maximum Gasteiger partial charge on any atom is 0.306 e. The topological polar surface area (TPSA) is 66.8 Å². The Morgan fingerprint density at radius 2 is 2.05 bits per heavy atom. The zero-order valence-corrected chi connectivity index (χ0v) is 12.3. The largest absolute Gasteiger partial charge is 0.494 e. The summed E-state index contributed by atoms with van der Waals surface area (Å²) in [5.74, 6) is -1.71. The lowest BCUT2D eigenvalue weighted by molar-refractivity contribution is -0.144. The van der Waals surface area contributed by atoms with E-state index in [1.54, 1.807) is 11.0 Å². The number of methoxy groups -OCH3 is 1. The number of hydrogen-bond donors (Lipinski definition) is 1. The molecule has 1 aliphatic rings. The first-order valence-corrected chi connectivity index (χ1v) is 7.04. The normalized spacial score (nSPS) is 16.0. The molecule has 1 aromatic carbocycles. The summed E-state index contributed by atoms with van der Waals surface area (Å²) in [6.07, 6.45) is 3.84. The van der Waals surface area contributed by atoms with Gasteiger partial charge in [0.05, 0.1) is 13.0 Å². The van der Waals surface area contributed by atoms with Crippen LogP contribution in [0.15, 0.2) is 24.3 Å². The fraction of sp³-hybridized carbons (Fsp3) is 0.375. The standard InChI is InChI=1S/C16H18FNO4/c1-22-14-4-2-11(10-13(14)17)3-5-15(19)18-8-6-12(7-9-18)16(20)21/h2-5,10,12H,6-9H2,1H3,(H,20,21)/b5-3+. The fourth-order valence-corrected chi connectivity index (χ4v) is 2.41. The molecule has 1 aromatic rings. The Balaban J connectivity index is 1.94. The Labute approximate surface area is 128 Å². The molecule has 0 bridgehead atoms. The molecule has 0 aromatic heterocycles. The number of carbonyl (C=O) groups is 2. The highest BCUT2D eigenvalue weighted by molar-refractivity contribution is 5.92. The van der Waals surface area contributed by atoms with Crippen molar-refractivity contribution in [3.8, 4) is 5.75 Å². The van der Waals surface area contributed by atoms with Crippen molar-refractivity contribution >= 4 is 18.0 Å². The number of nitrogens with zero attached hydrogens (tertiary/aromatic N) is 1. The SMILES string of the molecule is COc1ccc(/C=C/C(=O)N2CCC(C(=O)O)CC2)cc1F. The highest BCUT2D eigenvalue weighted by atomic mass is 19.1. The highest BCUT2D eigenvalue weighted by Gasteiger charge is 2.25. The lowest BCUT2D eigenvalue weighted by atomic mass is 9.97. The second kappa shape index (κ2) is 7.06. The molecule has 0 radical (unpaired) electrons. The number of hydrogen-bond acceptors (Lipinski definition) is 3. The fourth-order valence-electron chi connectivity index (χ4n) is 2.41. The van der Waals surface area contributed by atoms with Gasteiger partial charge >= 0.3 is 5.97 Å². The van der Waals surface area contributed by atoms with Crippen LogP contribution in [0.4, 0.5) is 4.39 Å². The molecule has 22 heavy (non-hydrogen) atoms. The molecule has 1 saturated heterocycles. The monoisotopic (exact) mass is 307 g/mol. The van der Waals surface area contributed by atoms with Gasteiger partial charge in [-0.15, -0.1) is 0 Å². The van der Waals surface area contributed by atoms with Crippen LogP contribution in [0.25, 0.3) is 6.08 Å². The van der Waals surface area contributed by atoms with E-state index in [4.69, 9.17) is 9.84 Å². The number of carbonyl (C=O) groups excluding carboxylic acids is 1. The second-order valence-electron chi connectivity index (χ2n) is 5.17. The highest BCUT2D eigenvalue weighted by Crippen LogP contribution is 2.20. The maximum atomic E-state index is 13.5. The Hall–Kier alpha value is -2.37. The number of likely N-dealkylation sites (tertiary alicyclic amines) is 1. The molecule has 0 saturated carbocycles. The van der Waals surface area contributed by atoms with Crippen molar-refractivity contribution < 1.29 is 23.8 Å². The van der Waals surface area contributed by atoms with Crippen molar-refractivity contribution in [2.24, 2.45) is 5.92 Å². The predicted octanol–water partition coefficient (Wildman–Crippen LogP) is 2.17. The van der Waals surface area contributed by atoms with E-state index >= 15 is 0 Å². The van der Waals surface area contributed by atoms with Crippen molar-refractivity contribution in [2.75, 3.05) is 20.2 Å². The van der Waals surface area contributed by atoms with E-state index in [1.807, 2.05) is 0 Å². The molecule has 0 aliphatic carbocycles. The van der Waals surface area contributed by atoms with E-state index in [0.29, 0.717) is 31.5 Å². The third-order valence-corrected chi connectivity index (χ3v) is 3.75. The molecule has 118 valence electrons. The van der Waals surface area contributed by atoms with E-state index in [-0.39, 0.29) is 17.6 Å². The van der Waals surface area contributed by atoms with Gasteiger partial charge < -0.3 is 14.7 Å². The Morgan fingerprint density at radius 1 is 1.36 bits per heavy atom. The van der Waals surface area contributed by atoms with Crippen LogP contribution in [0.5, 0.6) is 5.75 Å². The van der Waals surface area contributed by atoms with Crippen LogP contribution < -0.4 is 4.74 Å². The van der Waals surface area contributed by atoms with Gasteiger partial charge in [0.15, 0.2) is 11.6 Å². The van der Waals surface area contributed by atoms with E-state index < -0.39 is 11.8 Å². The molecule has 0 spiro atoms. The summed E-state index contributed by atoms with van der Waals surface area (Å²) in [5.41, 5.74) is 0.562. The van der Waals surface area contributed by atoms with E-state index in [1.165, 1.54) is 31.4 Å². The minimum Gasteiger partial charge on any atom is -0.494 e. The number of halogens is 1. The number of rotatable bonds is 4. The van der Waals surface area contributed by atoms with Crippen molar-refractivity contribution in [1.29, 1.82) is 0 Å². The van der Waals surface area contributed by atoms with Crippen molar-refractivity contribution in [1.82, 2.24) is 4.90 Å².